The quantitative estimate of drug-likeness (QED) is 0.828. The Morgan fingerprint density at radius 3 is 2.43 bits per heavy atom. The fourth-order valence-electron chi connectivity index (χ4n) is 1.96. The van der Waals surface area contributed by atoms with Gasteiger partial charge in [-0.3, -0.25) is 0 Å². The van der Waals surface area contributed by atoms with Gasteiger partial charge in [0.25, 0.3) is 0 Å². The van der Waals surface area contributed by atoms with E-state index in [9.17, 15) is 4.79 Å². The lowest BCUT2D eigenvalue weighted by Crippen LogP contribution is -2.21. The largest absolute Gasteiger partial charge is 0.497 e. The van der Waals surface area contributed by atoms with Crippen molar-refractivity contribution in [1.29, 1.82) is 0 Å². The number of ether oxygens (including phenoxy) is 2. The van der Waals surface area contributed by atoms with Crippen LogP contribution in [0.2, 0.25) is 0 Å². The van der Waals surface area contributed by atoms with Crippen LogP contribution in [0.25, 0.3) is 0 Å². The Kier molecular flexibility index (Phi) is 5.22. The SMILES string of the molecule is CCc1ccc(C(Nc2ccc(OC)cc2)C(=O)OC)s1. The Balaban J connectivity index is 2.21. The van der Waals surface area contributed by atoms with Crippen molar-refractivity contribution in [3.63, 3.8) is 0 Å². The molecule has 4 nitrogen and oxygen atoms in total. The molecule has 21 heavy (non-hydrogen) atoms. The van der Waals surface area contributed by atoms with Gasteiger partial charge >= 0.3 is 5.97 Å². The maximum Gasteiger partial charge on any atom is 0.333 e. The van der Waals surface area contributed by atoms with E-state index in [-0.39, 0.29) is 5.97 Å². The molecule has 0 bridgehead atoms. The van der Waals surface area contributed by atoms with E-state index in [1.165, 1.54) is 12.0 Å². The van der Waals surface area contributed by atoms with Gasteiger partial charge in [-0.05, 0) is 42.8 Å². The Hall–Kier alpha value is -2.01. The third-order valence-electron chi connectivity index (χ3n) is 3.15. The Morgan fingerprint density at radius 1 is 1.19 bits per heavy atom. The molecule has 1 atom stereocenters. The Bertz CT molecular complexity index is 592. The van der Waals surface area contributed by atoms with E-state index in [1.807, 2.05) is 36.4 Å². The third kappa shape index (κ3) is 3.76. The summed E-state index contributed by atoms with van der Waals surface area (Å²) in [5.41, 5.74) is 0.845. The summed E-state index contributed by atoms with van der Waals surface area (Å²) in [7, 11) is 3.02. The van der Waals surface area contributed by atoms with Crippen LogP contribution in [0.5, 0.6) is 5.75 Å². The van der Waals surface area contributed by atoms with E-state index >= 15 is 0 Å². The number of methoxy groups -OCH3 is 2. The lowest BCUT2D eigenvalue weighted by atomic mass is 10.2. The number of carbonyl (C=O) groups excluding carboxylic acids is 1. The molecule has 0 spiro atoms. The van der Waals surface area contributed by atoms with Gasteiger partial charge in [0.1, 0.15) is 5.75 Å². The molecule has 0 aliphatic rings. The first kappa shape index (κ1) is 15.4. The highest BCUT2D eigenvalue weighted by Gasteiger charge is 2.23. The topological polar surface area (TPSA) is 47.6 Å². The average molecular weight is 305 g/mol. The van der Waals surface area contributed by atoms with Crippen LogP contribution < -0.4 is 10.1 Å². The molecule has 2 aromatic rings. The van der Waals surface area contributed by atoms with Crippen molar-refractivity contribution in [3.05, 3.63) is 46.2 Å². The van der Waals surface area contributed by atoms with Gasteiger partial charge in [-0.25, -0.2) is 4.79 Å². The number of hydrogen-bond donors (Lipinski definition) is 1. The summed E-state index contributed by atoms with van der Waals surface area (Å²) < 4.78 is 10.0. The second-order valence-electron chi connectivity index (χ2n) is 4.49. The summed E-state index contributed by atoms with van der Waals surface area (Å²) in [6, 6.07) is 11.0. The molecule has 0 saturated carbocycles. The molecule has 1 unspecified atom stereocenters. The number of aryl methyl sites for hydroxylation is 1. The first-order chi connectivity index (χ1) is 10.2. The van der Waals surface area contributed by atoms with Crippen LogP contribution >= 0.6 is 11.3 Å². The molecule has 1 aromatic heterocycles. The zero-order valence-electron chi connectivity index (χ0n) is 12.4. The molecule has 1 heterocycles. The van der Waals surface area contributed by atoms with Crippen LogP contribution in [0.3, 0.4) is 0 Å². The van der Waals surface area contributed by atoms with Crippen LogP contribution in [-0.2, 0) is 16.0 Å². The fraction of sp³-hybridized carbons (Fsp3) is 0.312. The van der Waals surface area contributed by atoms with Gasteiger partial charge in [-0.2, -0.15) is 0 Å². The molecule has 112 valence electrons. The zero-order valence-corrected chi connectivity index (χ0v) is 13.2. The van der Waals surface area contributed by atoms with Crippen molar-refractivity contribution < 1.29 is 14.3 Å². The highest BCUT2D eigenvalue weighted by Crippen LogP contribution is 2.28. The number of nitrogens with one attached hydrogen (secondary N) is 1. The highest BCUT2D eigenvalue weighted by molar-refractivity contribution is 7.12. The maximum atomic E-state index is 12.0. The van der Waals surface area contributed by atoms with E-state index in [2.05, 4.69) is 12.2 Å². The van der Waals surface area contributed by atoms with Crippen molar-refractivity contribution in [1.82, 2.24) is 0 Å². The summed E-state index contributed by atoms with van der Waals surface area (Å²) >= 11 is 1.62. The van der Waals surface area contributed by atoms with Crippen molar-refractivity contribution in [2.75, 3.05) is 19.5 Å². The van der Waals surface area contributed by atoms with E-state index in [0.717, 1.165) is 22.7 Å². The predicted molar refractivity (Wildman–Crippen MR) is 85.1 cm³/mol. The number of rotatable bonds is 6. The van der Waals surface area contributed by atoms with Gasteiger partial charge in [0.15, 0.2) is 6.04 Å². The third-order valence-corrected chi connectivity index (χ3v) is 4.45. The number of anilines is 1. The predicted octanol–water partition coefficient (Wildman–Crippen LogP) is 3.65. The van der Waals surface area contributed by atoms with Gasteiger partial charge in [0.05, 0.1) is 14.2 Å². The van der Waals surface area contributed by atoms with Gasteiger partial charge in [0, 0.05) is 15.4 Å². The van der Waals surface area contributed by atoms with Crippen LogP contribution in [-0.4, -0.2) is 20.2 Å². The molecular weight excluding hydrogens is 286 g/mol. The van der Waals surface area contributed by atoms with Crippen molar-refractivity contribution in [3.8, 4) is 5.75 Å². The second-order valence-corrected chi connectivity index (χ2v) is 5.69. The summed E-state index contributed by atoms with van der Waals surface area (Å²) in [6.45, 7) is 2.10. The second kappa shape index (κ2) is 7.13. The molecule has 5 heteroatoms. The zero-order chi connectivity index (χ0) is 15.2. The van der Waals surface area contributed by atoms with Crippen LogP contribution in [0.15, 0.2) is 36.4 Å². The minimum atomic E-state index is -0.492. The van der Waals surface area contributed by atoms with Gasteiger partial charge in [0.2, 0.25) is 0 Å². The van der Waals surface area contributed by atoms with Crippen molar-refractivity contribution >= 4 is 23.0 Å². The summed E-state index contributed by atoms with van der Waals surface area (Å²) in [5.74, 6) is 0.481. The van der Waals surface area contributed by atoms with E-state index in [0.29, 0.717) is 0 Å². The van der Waals surface area contributed by atoms with E-state index in [4.69, 9.17) is 9.47 Å². The summed E-state index contributed by atoms with van der Waals surface area (Å²) in [4.78, 5) is 14.2. The number of esters is 1. The van der Waals surface area contributed by atoms with Crippen LogP contribution in [0.4, 0.5) is 5.69 Å². The molecular formula is C16H19NO3S. The molecule has 1 N–H and O–H groups in total. The van der Waals surface area contributed by atoms with Crippen molar-refractivity contribution in [2.24, 2.45) is 0 Å². The lowest BCUT2D eigenvalue weighted by Gasteiger charge is -2.16. The standard InChI is InChI=1S/C16H19NO3S/c1-4-13-9-10-14(21-13)15(16(18)20-3)17-11-5-7-12(19-2)8-6-11/h5-10,15,17H,4H2,1-3H3. The Labute approximate surface area is 128 Å². The van der Waals surface area contributed by atoms with Gasteiger partial charge < -0.3 is 14.8 Å². The van der Waals surface area contributed by atoms with Crippen LogP contribution in [0, 0.1) is 0 Å². The fourth-order valence-corrected chi connectivity index (χ4v) is 2.95. The first-order valence-corrected chi connectivity index (χ1v) is 7.56. The number of hydrogen-bond acceptors (Lipinski definition) is 5. The molecule has 2 rings (SSSR count). The van der Waals surface area contributed by atoms with Crippen LogP contribution in [0.1, 0.15) is 22.7 Å². The van der Waals surface area contributed by atoms with E-state index < -0.39 is 6.04 Å². The number of thiophene rings is 1. The molecule has 0 radical (unpaired) electrons. The summed E-state index contributed by atoms with van der Waals surface area (Å²) in [6.07, 6.45) is 0.959. The Morgan fingerprint density at radius 2 is 1.90 bits per heavy atom. The number of carbonyl (C=O) groups is 1. The van der Waals surface area contributed by atoms with Crippen molar-refractivity contribution in [2.45, 2.75) is 19.4 Å². The number of benzene rings is 1. The smallest absolute Gasteiger partial charge is 0.333 e. The monoisotopic (exact) mass is 305 g/mol. The minimum Gasteiger partial charge on any atom is -0.497 e. The molecule has 0 aliphatic heterocycles. The molecule has 0 fully saturated rings. The molecule has 0 aliphatic carbocycles. The lowest BCUT2D eigenvalue weighted by molar-refractivity contribution is -0.141. The molecule has 1 aromatic carbocycles. The van der Waals surface area contributed by atoms with Gasteiger partial charge in [-0.1, -0.05) is 6.92 Å². The first-order valence-electron chi connectivity index (χ1n) is 6.75. The van der Waals surface area contributed by atoms with Gasteiger partial charge in [-0.15, -0.1) is 11.3 Å². The molecule has 0 saturated heterocycles. The normalized spacial score (nSPS) is 11.8. The minimum absolute atomic E-state index is 0.296. The highest BCUT2D eigenvalue weighted by atomic mass is 32.1. The molecule has 0 amide bonds. The summed E-state index contributed by atoms with van der Waals surface area (Å²) in [5, 5.41) is 3.22. The average Bonchev–Trinajstić information content (AvgIpc) is 3.01. The van der Waals surface area contributed by atoms with E-state index in [1.54, 1.807) is 18.4 Å². The maximum absolute atomic E-state index is 12.0.